The molecule has 0 saturated carbocycles. The molecule has 0 unspecified atom stereocenters. The molecule has 1 spiro atoms. The third-order valence-corrected chi connectivity index (χ3v) is 4.76. The lowest BCUT2D eigenvalue weighted by Gasteiger charge is -2.56. The summed E-state index contributed by atoms with van der Waals surface area (Å²) in [5.41, 5.74) is -6.93. The molecule has 2 aliphatic rings. The first kappa shape index (κ1) is 31.9. The van der Waals surface area contributed by atoms with E-state index in [0.29, 0.717) is 7.11 Å². The van der Waals surface area contributed by atoms with Crippen LogP contribution in [0, 0.1) is 5.41 Å². The van der Waals surface area contributed by atoms with Gasteiger partial charge in [0.05, 0.1) is 0 Å². The summed E-state index contributed by atoms with van der Waals surface area (Å²) < 4.78 is 241. The van der Waals surface area contributed by atoms with Gasteiger partial charge in [-0.05, 0) is 0 Å². The lowest BCUT2D eigenvalue weighted by Crippen LogP contribution is -2.82. The number of rotatable bonds is 8. The molecular formula is C15H12F16O6. The lowest BCUT2D eigenvalue weighted by molar-refractivity contribution is -0.658. The van der Waals surface area contributed by atoms with Crippen LogP contribution in [-0.4, -0.2) is 81.2 Å². The molecule has 0 bridgehead atoms. The fourth-order valence-electron chi connectivity index (χ4n) is 2.95. The van der Waals surface area contributed by atoms with Gasteiger partial charge in [-0.2, -0.15) is 61.5 Å². The van der Waals surface area contributed by atoms with Crippen LogP contribution in [0.25, 0.3) is 0 Å². The Morgan fingerprint density at radius 3 is 1.24 bits per heavy atom. The second-order valence-corrected chi connectivity index (χ2v) is 7.60. The number of hydrogen-bond acceptors (Lipinski definition) is 6. The van der Waals surface area contributed by atoms with Gasteiger partial charge in [0.2, 0.25) is 6.29 Å². The number of ether oxygens (including phenoxy) is 6. The smallest absolute Gasteiger partial charge is 0.378 e. The molecule has 0 aromatic rings. The van der Waals surface area contributed by atoms with E-state index in [9.17, 15) is 70.2 Å². The molecule has 0 aromatic carbocycles. The van der Waals surface area contributed by atoms with Crippen LogP contribution in [0.1, 0.15) is 6.92 Å². The SMILES string of the molecule is COCC(F)(F)C(F)(F)COC(F)(F)C1OC(F)(F)C2(C(F)(F)OC(C(C)(F)F)OC2(F)F)C(F)(F)O1. The van der Waals surface area contributed by atoms with Gasteiger partial charge < -0.3 is 9.47 Å². The van der Waals surface area contributed by atoms with Crippen LogP contribution in [0.3, 0.4) is 0 Å². The van der Waals surface area contributed by atoms with E-state index in [-0.39, 0.29) is 0 Å². The Kier molecular flexibility index (Phi) is 7.60. The summed E-state index contributed by atoms with van der Waals surface area (Å²) in [5, 5.41) is 0. The predicted molar refractivity (Wildman–Crippen MR) is 77.4 cm³/mol. The number of alkyl halides is 16. The summed E-state index contributed by atoms with van der Waals surface area (Å²) in [6, 6.07) is 0. The van der Waals surface area contributed by atoms with E-state index in [4.69, 9.17) is 0 Å². The topological polar surface area (TPSA) is 55.4 Å². The van der Waals surface area contributed by atoms with Crippen molar-refractivity contribution in [3.05, 3.63) is 0 Å². The molecule has 2 heterocycles. The molecule has 37 heavy (non-hydrogen) atoms. The molecule has 2 saturated heterocycles. The Morgan fingerprint density at radius 2 is 0.919 bits per heavy atom. The van der Waals surface area contributed by atoms with Crippen molar-refractivity contribution in [1.29, 1.82) is 0 Å². The summed E-state index contributed by atoms with van der Waals surface area (Å²) in [7, 11) is 0.456. The summed E-state index contributed by atoms with van der Waals surface area (Å²) >= 11 is 0. The highest BCUT2D eigenvalue weighted by molar-refractivity contribution is 5.10. The van der Waals surface area contributed by atoms with Crippen LogP contribution in [-0.2, 0) is 28.4 Å². The van der Waals surface area contributed by atoms with Crippen molar-refractivity contribution in [1.82, 2.24) is 0 Å². The van der Waals surface area contributed by atoms with Crippen molar-refractivity contribution >= 4 is 0 Å². The second kappa shape index (κ2) is 8.83. The van der Waals surface area contributed by atoms with Crippen molar-refractivity contribution in [2.45, 2.75) is 67.8 Å². The van der Waals surface area contributed by atoms with E-state index in [2.05, 4.69) is 28.4 Å². The normalized spacial score (nSPS) is 31.9. The van der Waals surface area contributed by atoms with Crippen LogP contribution in [0.15, 0.2) is 0 Å². The zero-order valence-electron chi connectivity index (χ0n) is 17.6. The first-order valence-electron chi connectivity index (χ1n) is 9.01. The Morgan fingerprint density at radius 1 is 0.595 bits per heavy atom. The molecule has 220 valence electrons. The van der Waals surface area contributed by atoms with E-state index in [1.165, 1.54) is 0 Å². The monoisotopic (exact) mass is 592 g/mol. The molecule has 0 amide bonds. The maximum Gasteiger partial charge on any atom is 0.407 e. The van der Waals surface area contributed by atoms with Crippen molar-refractivity contribution in [3.63, 3.8) is 0 Å². The fourth-order valence-corrected chi connectivity index (χ4v) is 2.95. The van der Waals surface area contributed by atoms with E-state index < -0.39 is 86.4 Å². The van der Waals surface area contributed by atoms with Crippen LogP contribution < -0.4 is 0 Å². The minimum Gasteiger partial charge on any atom is -0.378 e. The van der Waals surface area contributed by atoms with Crippen molar-refractivity contribution in [2.75, 3.05) is 20.3 Å². The van der Waals surface area contributed by atoms with Gasteiger partial charge in [-0.1, -0.05) is 0 Å². The van der Waals surface area contributed by atoms with Crippen LogP contribution >= 0.6 is 0 Å². The highest BCUT2D eigenvalue weighted by Gasteiger charge is 2.99. The highest BCUT2D eigenvalue weighted by Crippen LogP contribution is 2.71. The molecule has 0 radical (unpaired) electrons. The van der Waals surface area contributed by atoms with Gasteiger partial charge in [0, 0.05) is 14.0 Å². The molecule has 0 N–H and O–H groups in total. The van der Waals surface area contributed by atoms with Crippen molar-refractivity contribution in [2.24, 2.45) is 5.41 Å². The molecule has 0 aliphatic carbocycles. The maximum atomic E-state index is 14.4. The minimum atomic E-state index is -6.99. The Labute approximate surface area is 193 Å². The second-order valence-electron chi connectivity index (χ2n) is 7.60. The van der Waals surface area contributed by atoms with Gasteiger partial charge in [-0.25, -0.2) is 8.78 Å². The number of methoxy groups -OCH3 is 1. The van der Waals surface area contributed by atoms with E-state index in [1.807, 2.05) is 0 Å². The molecule has 0 atom stereocenters. The molecule has 2 rings (SSSR count). The van der Waals surface area contributed by atoms with Crippen LogP contribution in [0.5, 0.6) is 0 Å². The minimum absolute atomic E-state index is 0.439. The summed E-state index contributed by atoms with van der Waals surface area (Å²) in [4.78, 5) is 0. The van der Waals surface area contributed by atoms with Crippen LogP contribution in [0.4, 0.5) is 70.2 Å². The van der Waals surface area contributed by atoms with E-state index in [0.717, 1.165) is 0 Å². The average molecular weight is 592 g/mol. The molecule has 2 aliphatic heterocycles. The quantitative estimate of drug-likeness (QED) is 0.359. The Balaban J connectivity index is 2.46. The number of hydrogen-bond donors (Lipinski definition) is 0. The first-order chi connectivity index (χ1) is 16.1. The molecular weight excluding hydrogens is 580 g/mol. The molecule has 2 fully saturated rings. The zero-order chi connectivity index (χ0) is 29.3. The Bertz CT molecular complexity index is 805. The summed E-state index contributed by atoms with van der Waals surface area (Å²) in [5.74, 6) is -15.8. The van der Waals surface area contributed by atoms with Gasteiger partial charge >= 0.3 is 47.8 Å². The third kappa shape index (κ3) is 4.92. The van der Waals surface area contributed by atoms with E-state index >= 15 is 0 Å². The van der Waals surface area contributed by atoms with Gasteiger partial charge in [0.1, 0.15) is 13.2 Å². The Hall–Kier alpha value is -1.36. The predicted octanol–water partition coefficient (Wildman–Crippen LogP) is 5.27. The zero-order valence-corrected chi connectivity index (χ0v) is 17.6. The third-order valence-electron chi connectivity index (χ3n) is 4.76. The van der Waals surface area contributed by atoms with Crippen molar-refractivity contribution < 1.29 is 98.7 Å². The van der Waals surface area contributed by atoms with E-state index in [1.54, 1.807) is 0 Å². The average Bonchev–Trinajstić information content (AvgIpc) is 2.61. The largest absolute Gasteiger partial charge is 0.407 e. The maximum absolute atomic E-state index is 14.4. The van der Waals surface area contributed by atoms with Gasteiger partial charge in [-0.15, -0.1) is 0 Å². The first-order valence-corrected chi connectivity index (χ1v) is 9.01. The molecule has 6 nitrogen and oxygen atoms in total. The molecule has 22 heteroatoms. The van der Waals surface area contributed by atoms with Gasteiger partial charge in [-0.3, -0.25) is 18.9 Å². The van der Waals surface area contributed by atoms with Crippen molar-refractivity contribution in [3.8, 4) is 0 Å². The fraction of sp³-hybridized carbons (Fsp3) is 1.00. The lowest BCUT2D eigenvalue weighted by atomic mass is 9.79. The summed E-state index contributed by atoms with van der Waals surface area (Å²) in [6.07, 6.45) is -42.7. The number of halogens is 16. The molecule has 0 aromatic heterocycles. The van der Waals surface area contributed by atoms with Gasteiger partial charge in [0.25, 0.3) is 12.2 Å². The highest BCUT2D eigenvalue weighted by atomic mass is 19.3. The standard InChI is InChI=1S/C15H12F16O6/c1-7(16,17)5-34-12(24,25)11(13(26,27)35-5)14(28,29)36-6(37-15(11,30)31)10(22,23)33-4-9(20,21)8(18,19)3-32-2/h5-6H,3-4H2,1-2H3. The van der Waals surface area contributed by atoms with Crippen LogP contribution in [0.2, 0.25) is 0 Å². The summed E-state index contributed by atoms with van der Waals surface area (Å²) in [6.45, 7) is -5.73. The van der Waals surface area contributed by atoms with Gasteiger partial charge in [0.15, 0.2) is 0 Å².